The van der Waals surface area contributed by atoms with E-state index in [-0.39, 0.29) is 24.4 Å². The van der Waals surface area contributed by atoms with Crippen LogP contribution in [0.15, 0.2) is 76.5 Å². The van der Waals surface area contributed by atoms with E-state index < -0.39 is 0 Å². The first-order valence-corrected chi connectivity index (χ1v) is 9.50. The molecule has 2 atom stereocenters. The Labute approximate surface area is 163 Å². The first-order valence-electron chi connectivity index (χ1n) is 9.50. The van der Waals surface area contributed by atoms with Gasteiger partial charge in [-0.05, 0) is 47.6 Å². The molecule has 1 aliphatic carbocycles. The molecule has 1 fully saturated rings. The average Bonchev–Trinajstić information content (AvgIpc) is 3.14. The lowest BCUT2D eigenvalue weighted by atomic mass is 9.77. The summed E-state index contributed by atoms with van der Waals surface area (Å²) in [6.45, 7) is -0.221. The lowest BCUT2D eigenvalue weighted by Gasteiger charge is -2.29. The molecular weight excluding hydrogens is 350 g/mol. The zero-order valence-electron chi connectivity index (χ0n) is 15.5. The molecular formula is C22H21N5O. The number of azide groups is 1. The van der Waals surface area contributed by atoms with Crippen LogP contribution in [0, 0.1) is 5.92 Å². The SMILES string of the molecule is [N-]=[N+]=NCC(=O)N1N=C2/C(=C\c3ccccc3)CCC[C@@H]2[C@H]1c1ccccc1. The van der Waals surface area contributed by atoms with Crippen molar-refractivity contribution < 1.29 is 4.79 Å². The second-order valence-electron chi connectivity index (χ2n) is 7.05. The molecule has 0 saturated heterocycles. The van der Waals surface area contributed by atoms with Crippen LogP contribution in [0.25, 0.3) is 16.5 Å². The van der Waals surface area contributed by atoms with Crippen LogP contribution < -0.4 is 0 Å². The summed E-state index contributed by atoms with van der Waals surface area (Å²) < 4.78 is 0. The van der Waals surface area contributed by atoms with Crippen LogP contribution >= 0.6 is 0 Å². The van der Waals surface area contributed by atoms with Gasteiger partial charge >= 0.3 is 0 Å². The molecule has 0 bridgehead atoms. The summed E-state index contributed by atoms with van der Waals surface area (Å²) in [6.07, 6.45) is 5.17. The third kappa shape index (κ3) is 3.55. The Balaban J connectivity index is 1.74. The van der Waals surface area contributed by atoms with Crippen LogP contribution in [-0.2, 0) is 4.79 Å². The summed E-state index contributed by atoms with van der Waals surface area (Å²) >= 11 is 0. The van der Waals surface area contributed by atoms with Crippen molar-refractivity contribution in [3.8, 4) is 0 Å². The predicted molar refractivity (Wildman–Crippen MR) is 109 cm³/mol. The van der Waals surface area contributed by atoms with Gasteiger partial charge < -0.3 is 0 Å². The normalized spacial score (nSPS) is 22.4. The maximum atomic E-state index is 12.7. The molecule has 1 aliphatic heterocycles. The summed E-state index contributed by atoms with van der Waals surface area (Å²) in [5, 5.41) is 9.74. The molecule has 1 saturated carbocycles. The number of hydrogen-bond donors (Lipinski definition) is 0. The molecule has 0 radical (unpaired) electrons. The zero-order chi connectivity index (χ0) is 19.3. The van der Waals surface area contributed by atoms with Crippen molar-refractivity contribution in [2.24, 2.45) is 16.1 Å². The molecule has 1 amide bonds. The van der Waals surface area contributed by atoms with Crippen molar-refractivity contribution in [2.75, 3.05) is 6.54 Å². The van der Waals surface area contributed by atoms with E-state index in [4.69, 9.17) is 10.6 Å². The third-order valence-electron chi connectivity index (χ3n) is 5.31. The molecule has 2 aromatic rings. The van der Waals surface area contributed by atoms with Gasteiger partial charge in [-0.25, -0.2) is 5.01 Å². The van der Waals surface area contributed by atoms with Crippen molar-refractivity contribution in [2.45, 2.75) is 25.3 Å². The Hall–Kier alpha value is -3.37. The molecule has 2 aromatic carbocycles. The highest BCUT2D eigenvalue weighted by Crippen LogP contribution is 2.44. The first-order chi connectivity index (χ1) is 13.8. The molecule has 140 valence electrons. The van der Waals surface area contributed by atoms with Gasteiger partial charge in [0, 0.05) is 10.8 Å². The van der Waals surface area contributed by atoms with Crippen LogP contribution in [0.4, 0.5) is 0 Å². The fourth-order valence-electron chi connectivity index (χ4n) is 4.11. The molecule has 4 rings (SSSR count). The number of nitrogens with zero attached hydrogens (tertiary/aromatic N) is 5. The number of fused-ring (bicyclic) bond motifs is 1. The fraction of sp³-hybridized carbons (Fsp3) is 0.273. The Morgan fingerprint density at radius 2 is 1.89 bits per heavy atom. The summed E-state index contributed by atoms with van der Waals surface area (Å²) in [4.78, 5) is 15.5. The first kappa shape index (κ1) is 18.0. The highest BCUT2D eigenvalue weighted by molar-refractivity contribution is 6.08. The van der Waals surface area contributed by atoms with Gasteiger partial charge in [0.15, 0.2) is 0 Å². The molecule has 6 heteroatoms. The number of amides is 1. The lowest BCUT2D eigenvalue weighted by Crippen LogP contribution is -2.33. The van der Waals surface area contributed by atoms with E-state index in [2.05, 4.69) is 28.2 Å². The van der Waals surface area contributed by atoms with E-state index in [0.29, 0.717) is 0 Å². The van der Waals surface area contributed by atoms with Gasteiger partial charge in [0.1, 0.15) is 6.54 Å². The Morgan fingerprint density at radius 3 is 2.61 bits per heavy atom. The molecule has 0 unspecified atom stereocenters. The molecule has 1 heterocycles. The molecule has 0 aromatic heterocycles. The lowest BCUT2D eigenvalue weighted by molar-refractivity contribution is -0.132. The minimum atomic E-state index is -0.271. The van der Waals surface area contributed by atoms with Crippen molar-refractivity contribution in [1.82, 2.24) is 5.01 Å². The van der Waals surface area contributed by atoms with Crippen LogP contribution in [0.3, 0.4) is 0 Å². The van der Waals surface area contributed by atoms with Gasteiger partial charge in [-0.3, -0.25) is 4.79 Å². The smallest absolute Gasteiger partial charge is 0.249 e. The van der Waals surface area contributed by atoms with E-state index in [9.17, 15) is 4.79 Å². The van der Waals surface area contributed by atoms with Gasteiger partial charge in [0.05, 0.1) is 11.8 Å². The monoisotopic (exact) mass is 371 g/mol. The Kier molecular flexibility index (Phi) is 5.22. The van der Waals surface area contributed by atoms with Gasteiger partial charge in [0.2, 0.25) is 5.91 Å². The molecule has 2 aliphatic rings. The topological polar surface area (TPSA) is 81.4 Å². The number of carbonyl (C=O) groups excluding carboxylic acids is 1. The van der Waals surface area contributed by atoms with Crippen LogP contribution in [0.1, 0.15) is 36.4 Å². The van der Waals surface area contributed by atoms with Gasteiger partial charge in [-0.2, -0.15) is 5.10 Å². The van der Waals surface area contributed by atoms with Crippen LogP contribution in [-0.4, -0.2) is 23.2 Å². The molecule has 0 N–H and O–H groups in total. The molecule has 0 spiro atoms. The van der Waals surface area contributed by atoms with E-state index >= 15 is 0 Å². The minimum absolute atomic E-state index is 0.154. The second kappa shape index (κ2) is 8.11. The molecule has 6 nitrogen and oxygen atoms in total. The maximum Gasteiger partial charge on any atom is 0.249 e. The number of carbonyl (C=O) groups is 1. The average molecular weight is 371 g/mol. The predicted octanol–water partition coefficient (Wildman–Crippen LogP) is 5.12. The standard InChI is InChI=1S/C22H21N5O/c23-26-24-15-20(28)27-22(17-10-5-2-6-11-17)19-13-7-12-18(21(19)25-27)14-16-8-3-1-4-9-16/h1-6,8-11,14,19,22H,7,12-13,15H2/b18-14-/t19-,22+/m0/s1. The highest BCUT2D eigenvalue weighted by atomic mass is 16.2. The van der Waals surface area contributed by atoms with Gasteiger partial charge in [0.25, 0.3) is 0 Å². The van der Waals surface area contributed by atoms with Gasteiger partial charge in [-0.1, -0.05) is 65.8 Å². The summed E-state index contributed by atoms with van der Waals surface area (Å²) in [5.74, 6) is -0.117. The highest BCUT2D eigenvalue weighted by Gasteiger charge is 2.43. The summed E-state index contributed by atoms with van der Waals surface area (Å²) in [7, 11) is 0. The summed E-state index contributed by atoms with van der Waals surface area (Å²) in [5.41, 5.74) is 13.0. The van der Waals surface area contributed by atoms with E-state index in [1.54, 1.807) is 0 Å². The Morgan fingerprint density at radius 1 is 1.18 bits per heavy atom. The van der Waals surface area contributed by atoms with E-state index in [1.165, 1.54) is 10.6 Å². The third-order valence-corrected chi connectivity index (χ3v) is 5.31. The maximum absolute atomic E-state index is 12.7. The van der Waals surface area contributed by atoms with Crippen molar-refractivity contribution in [3.05, 3.63) is 87.8 Å². The van der Waals surface area contributed by atoms with E-state index in [0.717, 1.165) is 36.1 Å². The van der Waals surface area contributed by atoms with Gasteiger partial charge in [-0.15, -0.1) is 0 Å². The number of allylic oxidation sites excluding steroid dienone is 1. The second-order valence-corrected chi connectivity index (χ2v) is 7.05. The van der Waals surface area contributed by atoms with Crippen molar-refractivity contribution in [1.29, 1.82) is 0 Å². The quantitative estimate of drug-likeness (QED) is 0.417. The minimum Gasteiger partial charge on any atom is -0.273 e. The Bertz CT molecular complexity index is 961. The van der Waals surface area contributed by atoms with E-state index in [1.807, 2.05) is 48.5 Å². The number of hydrazone groups is 1. The number of benzene rings is 2. The largest absolute Gasteiger partial charge is 0.273 e. The number of hydrogen-bond acceptors (Lipinski definition) is 3. The zero-order valence-corrected chi connectivity index (χ0v) is 15.5. The summed E-state index contributed by atoms with van der Waals surface area (Å²) in [6, 6.07) is 20.0. The molecule has 28 heavy (non-hydrogen) atoms. The van der Waals surface area contributed by atoms with Crippen molar-refractivity contribution >= 4 is 17.7 Å². The van der Waals surface area contributed by atoms with Crippen molar-refractivity contribution in [3.63, 3.8) is 0 Å². The fourth-order valence-corrected chi connectivity index (χ4v) is 4.11. The van der Waals surface area contributed by atoms with Crippen LogP contribution in [0.5, 0.6) is 0 Å². The number of rotatable bonds is 4. The van der Waals surface area contributed by atoms with Crippen LogP contribution in [0.2, 0.25) is 0 Å².